The number of nitrogens with two attached hydrogens (primary N) is 1. The first-order valence-electron chi connectivity index (χ1n) is 7.79. The van der Waals surface area contributed by atoms with Crippen molar-refractivity contribution in [2.75, 3.05) is 6.54 Å². The van der Waals surface area contributed by atoms with Crippen molar-refractivity contribution in [2.45, 2.75) is 52.5 Å². The van der Waals surface area contributed by atoms with Gasteiger partial charge in [0.15, 0.2) is 0 Å². The molecular weight excluding hydrogens is 335 g/mol. The number of rotatable bonds is 6. The Hall–Kier alpha value is -0.780. The lowest BCUT2D eigenvalue weighted by atomic mass is 9.93. The molecule has 1 aliphatic rings. The second kappa shape index (κ2) is 8.36. The van der Waals surface area contributed by atoms with Crippen LogP contribution in [-0.4, -0.2) is 27.8 Å². The molecule has 2 rings (SSSR count). The molecule has 2 unspecified atom stereocenters. The second-order valence-corrected chi connectivity index (χ2v) is 6.76. The van der Waals surface area contributed by atoms with Crippen molar-refractivity contribution in [3.63, 3.8) is 0 Å². The summed E-state index contributed by atoms with van der Waals surface area (Å²) in [7, 11) is 1.94. The third kappa shape index (κ3) is 4.85. The number of amides is 1. The average molecular weight is 365 g/mol. The Bertz CT molecular complexity index is 542. The van der Waals surface area contributed by atoms with Crippen LogP contribution in [-0.2, 0) is 18.3 Å². The average Bonchev–Trinajstić information content (AvgIpc) is 3.24. The quantitative estimate of drug-likeness (QED) is 0.813. The molecule has 1 fully saturated rings. The lowest BCUT2D eigenvalue weighted by molar-refractivity contribution is -0.126. The van der Waals surface area contributed by atoms with E-state index in [0.717, 1.165) is 17.8 Å². The van der Waals surface area contributed by atoms with Crippen LogP contribution in [0.1, 0.15) is 43.6 Å². The van der Waals surface area contributed by atoms with Crippen LogP contribution in [0.3, 0.4) is 0 Å². The van der Waals surface area contributed by atoms with E-state index in [1.807, 2.05) is 32.5 Å². The zero-order valence-corrected chi connectivity index (χ0v) is 16.3. The number of hydrogen-bond donors (Lipinski definition) is 2. The highest BCUT2D eigenvalue weighted by molar-refractivity contribution is 5.85. The molecule has 0 aromatic carbocycles. The third-order valence-electron chi connectivity index (χ3n) is 4.93. The van der Waals surface area contributed by atoms with E-state index in [2.05, 4.69) is 17.3 Å². The summed E-state index contributed by atoms with van der Waals surface area (Å²) in [5.74, 6) is 0.564. The zero-order valence-electron chi connectivity index (χ0n) is 14.7. The van der Waals surface area contributed by atoms with E-state index in [1.54, 1.807) is 0 Å². The minimum atomic E-state index is -0.246. The molecule has 1 aromatic heterocycles. The van der Waals surface area contributed by atoms with Crippen LogP contribution in [0.15, 0.2) is 0 Å². The van der Waals surface area contributed by atoms with E-state index < -0.39 is 0 Å². The molecule has 0 aliphatic heterocycles. The molecule has 0 spiro atoms. The number of carbonyl (C=O) groups is 1. The predicted octanol–water partition coefficient (Wildman–Crippen LogP) is 2.30. The molecule has 1 aliphatic carbocycles. The molecule has 3 N–H and O–H groups in total. The van der Waals surface area contributed by atoms with Crippen LogP contribution in [0.4, 0.5) is 0 Å². The topological polar surface area (TPSA) is 72.9 Å². The zero-order chi connectivity index (χ0) is 15.8. The van der Waals surface area contributed by atoms with Gasteiger partial charge < -0.3 is 11.1 Å². The van der Waals surface area contributed by atoms with Crippen LogP contribution in [0.2, 0.25) is 0 Å². The van der Waals surface area contributed by atoms with Gasteiger partial charge in [-0.15, -0.1) is 24.8 Å². The van der Waals surface area contributed by atoms with Gasteiger partial charge in [-0.3, -0.25) is 9.48 Å². The second-order valence-electron chi connectivity index (χ2n) is 6.76. The highest BCUT2D eigenvalue weighted by Crippen LogP contribution is 2.39. The van der Waals surface area contributed by atoms with Gasteiger partial charge in [0.1, 0.15) is 0 Å². The Morgan fingerprint density at radius 3 is 2.39 bits per heavy atom. The standard InChI is InChI=1S/C16H28N4O.2ClH/c1-10(8-14-11(2)19-20(5)12(14)3)15(21)18-16(4,9-17)13-6-7-13;;/h10,13H,6-9,17H2,1-5H3,(H,18,21);2*1H. The van der Waals surface area contributed by atoms with Gasteiger partial charge in [0, 0.05) is 25.2 Å². The van der Waals surface area contributed by atoms with Gasteiger partial charge in [-0.1, -0.05) is 6.92 Å². The number of halogens is 2. The normalized spacial score (nSPS) is 17.5. The van der Waals surface area contributed by atoms with E-state index in [0.29, 0.717) is 12.5 Å². The largest absolute Gasteiger partial charge is 0.349 e. The summed E-state index contributed by atoms with van der Waals surface area (Å²) >= 11 is 0. The number of nitrogens with zero attached hydrogens (tertiary/aromatic N) is 2. The molecule has 0 saturated heterocycles. The van der Waals surface area contributed by atoms with E-state index in [1.165, 1.54) is 18.4 Å². The van der Waals surface area contributed by atoms with Gasteiger partial charge in [-0.25, -0.2) is 0 Å². The molecule has 1 saturated carbocycles. The lowest BCUT2D eigenvalue weighted by Crippen LogP contribution is -2.54. The SMILES string of the molecule is Cc1nn(C)c(C)c1CC(C)C(=O)NC(C)(CN)C1CC1.Cl.Cl. The summed E-state index contributed by atoms with van der Waals surface area (Å²) in [6.45, 7) is 8.59. The van der Waals surface area contributed by atoms with E-state index in [9.17, 15) is 4.79 Å². The first-order chi connectivity index (χ1) is 9.78. The van der Waals surface area contributed by atoms with Gasteiger partial charge in [0.2, 0.25) is 5.91 Å². The molecule has 1 amide bonds. The maximum Gasteiger partial charge on any atom is 0.223 e. The van der Waals surface area contributed by atoms with Gasteiger partial charge in [0.25, 0.3) is 0 Å². The van der Waals surface area contributed by atoms with Crippen molar-refractivity contribution >= 4 is 30.7 Å². The number of aromatic nitrogens is 2. The maximum atomic E-state index is 12.5. The highest BCUT2D eigenvalue weighted by Gasteiger charge is 2.42. The predicted molar refractivity (Wildman–Crippen MR) is 98.4 cm³/mol. The Morgan fingerprint density at radius 2 is 2.00 bits per heavy atom. The Labute approximate surface area is 151 Å². The van der Waals surface area contributed by atoms with Crippen molar-refractivity contribution in [2.24, 2.45) is 24.6 Å². The first-order valence-corrected chi connectivity index (χ1v) is 7.79. The van der Waals surface area contributed by atoms with E-state index in [4.69, 9.17) is 5.73 Å². The van der Waals surface area contributed by atoms with Gasteiger partial charge in [-0.05, 0) is 51.5 Å². The summed E-state index contributed by atoms with van der Waals surface area (Å²) in [6, 6.07) is 0. The molecule has 23 heavy (non-hydrogen) atoms. The fraction of sp³-hybridized carbons (Fsp3) is 0.750. The smallest absolute Gasteiger partial charge is 0.223 e. The highest BCUT2D eigenvalue weighted by atomic mass is 35.5. The van der Waals surface area contributed by atoms with Crippen LogP contribution < -0.4 is 11.1 Å². The Balaban J connectivity index is 0.00000242. The monoisotopic (exact) mass is 364 g/mol. The fourth-order valence-corrected chi connectivity index (χ4v) is 2.96. The number of carbonyl (C=O) groups excluding carboxylic acids is 1. The van der Waals surface area contributed by atoms with E-state index >= 15 is 0 Å². The molecule has 1 heterocycles. The lowest BCUT2D eigenvalue weighted by Gasteiger charge is -2.31. The van der Waals surface area contributed by atoms with Crippen LogP contribution >= 0.6 is 24.8 Å². The molecule has 5 nitrogen and oxygen atoms in total. The molecule has 7 heteroatoms. The van der Waals surface area contributed by atoms with E-state index in [-0.39, 0.29) is 42.2 Å². The summed E-state index contributed by atoms with van der Waals surface area (Å²) < 4.78 is 1.88. The molecular formula is C16H30Cl2N4O. The molecule has 0 radical (unpaired) electrons. The Morgan fingerprint density at radius 1 is 1.43 bits per heavy atom. The van der Waals surface area contributed by atoms with Crippen LogP contribution in [0, 0.1) is 25.7 Å². The molecule has 0 bridgehead atoms. The minimum Gasteiger partial charge on any atom is -0.349 e. The first kappa shape index (κ1) is 22.2. The third-order valence-corrected chi connectivity index (χ3v) is 4.93. The molecule has 134 valence electrons. The summed E-state index contributed by atoms with van der Waals surface area (Å²) in [5, 5.41) is 7.60. The van der Waals surface area contributed by atoms with Crippen molar-refractivity contribution in [3.8, 4) is 0 Å². The molecule has 1 aromatic rings. The number of nitrogens with one attached hydrogen (secondary N) is 1. The van der Waals surface area contributed by atoms with Crippen LogP contribution in [0.5, 0.6) is 0 Å². The van der Waals surface area contributed by atoms with Crippen molar-refractivity contribution in [1.82, 2.24) is 15.1 Å². The van der Waals surface area contributed by atoms with Crippen LogP contribution in [0.25, 0.3) is 0 Å². The summed E-state index contributed by atoms with van der Waals surface area (Å²) in [5.41, 5.74) is 8.96. The van der Waals surface area contributed by atoms with Crippen molar-refractivity contribution < 1.29 is 4.79 Å². The van der Waals surface area contributed by atoms with Gasteiger partial charge >= 0.3 is 0 Å². The van der Waals surface area contributed by atoms with Gasteiger partial charge in [0.05, 0.1) is 11.2 Å². The summed E-state index contributed by atoms with van der Waals surface area (Å²) in [6.07, 6.45) is 3.06. The minimum absolute atomic E-state index is 0. The maximum absolute atomic E-state index is 12.5. The molecule has 2 atom stereocenters. The number of aryl methyl sites for hydroxylation is 2. The van der Waals surface area contributed by atoms with Crippen molar-refractivity contribution in [1.29, 1.82) is 0 Å². The number of hydrogen-bond acceptors (Lipinski definition) is 3. The van der Waals surface area contributed by atoms with Crippen molar-refractivity contribution in [3.05, 3.63) is 17.0 Å². The van der Waals surface area contributed by atoms with Gasteiger partial charge in [-0.2, -0.15) is 5.10 Å². The fourth-order valence-electron chi connectivity index (χ4n) is 2.96. The summed E-state index contributed by atoms with van der Waals surface area (Å²) in [4.78, 5) is 12.5. The Kier molecular flexibility index (Phi) is 8.07.